The first-order chi connectivity index (χ1) is 16.5. The lowest BCUT2D eigenvalue weighted by Crippen LogP contribution is -2.56. The van der Waals surface area contributed by atoms with Crippen LogP contribution in [0.25, 0.3) is 0 Å². The molecular weight excluding hydrogens is 429 g/mol. The Morgan fingerprint density at radius 2 is 1.82 bits per heavy atom. The van der Waals surface area contributed by atoms with Gasteiger partial charge in [-0.3, -0.25) is 19.6 Å². The molecule has 0 radical (unpaired) electrons. The zero-order valence-electron chi connectivity index (χ0n) is 20.5. The van der Waals surface area contributed by atoms with E-state index >= 15 is 0 Å². The molecule has 184 valence electrons. The molecule has 0 unspecified atom stereocenters. The molecule has 4 rings (SSSR count). The standard InChI is InChI=1S/C27H38FN5O/c1-21(2)30-27(34)8-7-23-20-31(19-22-9-12-29-13-10-22)14-11-25(23)32-15-17-33(18-16-32)26-6-4-3-5-24(26)28/h3-6,9-10,12-13,21,23,25H,7-8,11,14-20H2,1-2H3,(H,30,34)/t23-,25+/m1/s1. The monoisotopic (exact) mass is 467 g/mol. The number of carbonyl (C=O) groups excluding carboxylic acids is 1. The number of anilines is 1. The largest absolute Gasteiger partial charge is 0.367 e. The second-order valence-corrected chi connectivity index (χ2v) is 9.94. The van der Waals surface area contributed by atoms with E-state index in [1.807, 2.05) is 38.4 Å². The van der Waals surface area contributed by atoms with E-state index in [0.29, 0.717) is 24.1 Å². The molecule has 0 aliphatic carbocycles. The number of hydrogen-bond donors (Lipinski definition) is 1. The molecule has 2 aliphatic heterocycles. The molecule has 7 heteroatoms. The van der Waals surface area contributed by atoms with Gasteiger partial charge in [-0.1, -0.05) is 12.1 Å². The summed E-state index contributed by atoms with van der Waals surface area (Å²) in [6.07, 6.45) is 6.26. The molecule has 1 aromatic carbocycles. The lowest BCUT2D eigenvalue weighted by molar-refractivity contribution is -0.122. The summed E-state index contributed by atoms with van der Waals surface area (Å²) in [4.78, 5) is 23.8. The molecule has 2 aromatic rings. The maximum atomic E-state index is 14.3. The fourth-order valence-electron chi connectivity index (χ4n) is 5.46. The molecule has 6 nitrogen and oxygen atoms in total. The summed E-state index contributed by atoms with van der Waals surface area (Å²) in [5.74, 6) is 0.437. The van der Waals surface area contributed by atoms with Gasteiger partial charge in [0.1, 0.15) is 5.82 Å². The smallest absolute Gasteiger partial charge is 0.220 e. The first-order valence-corrected chi connectivity index (χ1v) is 12.6. The summed E-state index contributed by atoms with van der Waals surface area (Å²) in [5, 5.41) is 3.04. The summed E-state index contributed by atoms with van der Waals surface area (Å²) >= 11 is 0. The molecule has 2 saturated heterocycles. The van der Waals surface area contributed by atoms with Crippen molar-refractivity contribution in [3.8, 4) is 0 Å². The first-order valence-electron chi connectivity index (χ1n) is 12.6. The van der Waals surface area contributed by atoms with Crippen LogP contribution in [0.1, 0.15) is 38.7 Å². The van der Waals surface area contributed by atoms with Gasteiger partial charge in [0.05, 0.1) is 5.69 Å². The van der Waals surface area contributed by atoms with Crippen LogP contribution in [0.2, 0.25) is 0 Å². The third kappa shape index (κ3) is 6.54. The van der Waals surface area contributed by atoms with Crippen LogP contribution >= 0.6 is 0 Å². The van der Waals surface area contributed by atoms with E-state index in [9.17, 15) is 9.18 Å². The highest BCUT2D eigenvalue weighted by atomic mass is 19.1. The van der Waals surface area contributed by atoms with Crippen molar-refractivity contribution < 1.29 is 9.18 Å². The number of nitrogens with zero attached hydrogens (tertiary/aromatic N) is 4. The minimum atomic E-state index is -0.144. The van der Waals surface area contributed by atoms with Gasteiger partial charge in [0.15, 0.2) is 0 Å². The molecule has 34 heavy (non-hydrogen) atoms. The van der Waals surface area contributed by atoms with E-state index in [0.717, 1.165) is 58.7 Å². The number of benzene rings is 1. The number of rotatable bonds is 8. The Hall–Kier alpha value is -2.51. The summed E-state index contributed by atoms with van der Waals surface area (Å²) in [6, 6.07) is 11.9. The Kier molecular flexibility index (Phi) is 8.51. The average molecular weight is 468 g/mol. The van der Waals surface area contributed by atoms with E-state index in [2.05, 4.69) is 37.1 Å². The van der Waals surface area contributed by atoms with Gasteiger partial charge in [-0.05, 0) is 69.0 Å². The Morgan fingerprint density at radius 3 is 2.53 bits per heavy atom. The minimum absolute atomic E-state index is 0.143. The van der Waals surface area contributed by atoms with Crippen LogP contribution in [-0.2, 0) is 11.3 Å². The highest BCUT2D eigenvalue weighted by Crippen LogP contribution is 2.29. The molecule has 1 aromatic heterocycles. The third-order valence-corrected chi connectivity index (χ3v) is 7.10. The number of piperidine rings is 1. The molecule has 0 saturated carbocycles. The predicted molar refractivity (Wildman–Crippen MR) is 134 cm³/mol. The maximum Gasteiger partial charge on any atom is 0.220 e. The number of aromatic nitrogens is 1. The molecule has 3 heterocycles. The van der Waals surface area contributed by atoms with Gasteiger partial charge >= 0.3 is 0 Å². The van der Waals surface area contributed by atoms with Gasteiger partial charge in [0.25, 0.3) is 0 Å². The number of pyridine rings is 1. The third-order valence-electron chi connectivity index (χ3n) is 7.10. The zero-order valence-corrected chi connectivity index (χ0v) is 20.5. The number of para-hydroxylation sites is 1. The Labute approximate surface area is 203 Å². The summed E-state index contributed by atoms with van der Waals surface area (Å²) < 4.78 is 14.3. The van der Waals surface area contributed by atoms with Crippen LogP contribution in [0.5, 0.6) is 0 Å². The van der Waals surface area contributed by atoms with Gasteiger partial charge < -0.3 is 10.2 Å². The molecular formula is C27H38FN5O. The predicted octanol–water partition coefficient (Wildman–Crippen LogP) is 3.54. The van der Waals surface area contributed by atoms with E-state index in [1.165, 1.54) is 5.56 Å². The van der Waals surface area contributed by atoms with Crippen LogP contribution in [0, 0.1) is 11.7 Å². The fraction of sp³-hybridized carbons (Fsp3) is 0.556. The molecule has 0 bridgehead atoms. The lowest BCUT2D eigenvalue weighted by atomic mass is 9.86. The number of halogens is 1. The maximum absolute atomic E-state index is 14.3. The van der Waals surface area contributed by atoms with E-state index in [1.54, 1.807) is 12.1 Å². The van der Waals surface area contributed by atoms with Gasteiger partial charge in [-0.2, -0.15) is 0 Å². The lowest BCUT2D eigenvalue weighted by Gasteiger charge is -2.47. The van der Waals surface area contributed by atoms with Crippen LogP contribution in [0.4, 0.5) is 10.1 Å². The average Bonchev–Trinajstić information content (AvgIpc) is 2.84. The van der Waals surface area contributed by atoms with Crippen molar-refractivity contribution in [3.63, 3.8) is 0 Å². The second kappa shape index (κ2) is 11.8. The van der Waals surface area contributed by atoms with Crippen LogP contribution in [-0.4, -0.2) is 72.0 Å². The molecule has 1 N–H and O–H groups in total. The zero-order chi connectivity index (χ0) is 23.9. The van der Waals surface area contributed by atoms with Gasteiger partial charge in [-0.15, -0.1) is 0 Å². The Morgan fingerprint density at radius 1 is 1.09 bits per heavy atom. The highest BCUT2D eigenvalue weighted by Gasteiger charge is 2.35. The van der Waals surface area contributed by atoms with Crippen LogP contribution in [0.15, 0.2) is 48.8 Å². The Bertz CT molecular complexity index is 916. The van der Waals surface area contributed by atoms with Crippen molar-refractivity contribution in [1.29, 1.82) is 0 Å². The van der Waals surface area contributed by atoms with Crippen molar-refractivity contribution in [3.05, 3.63) is 60.2 Å². The van der Waals surface area contributed by atoms with Gasteiger partial charge in [0, 0.05) is 70.2 Å². The summed E-state index contributed by atoms with van der Waals surface area (Å²) in [5.41, 5.74) is 1.99. The molecule has 2 fully saturated rings. The summed E-state index contributed by atoms with van der Waals surface area (Å²) in [7, 11) is 0. The van der Waals surface area contributed by atoms with Crippen LogP contribution < -0.4 is 10.2 Å². The molecule has 1 amide bonds. The number of nitrogens with one attached hydrogen (secondary N) is 1. The van der Waals surface area contributed by atoms with Crippen molar-refractivity contribution in [1.82, 2.24) is 20.1 Å². The second-order valence-electron chi connectivity index (χ2n) is 9.94. The number of likely N-dealkylation sites (tertiary alicyclic amines) is 1. The first kappa shape index (κ1) is 24.6. The van der Waals surface area contributed by atoms with E-state index in [-0.39, 0.29) is 17.8 Å². The molecule has 2 aliphatic rings. The number of hydrogen-bond acceptors (Lipinski definition) is 5. The van der Waals surface area contributed by atoms with Gasteiger partial charge in [0.2, 0.25) is 5.91 Å². The molecule has 2 atom stereocenters. The SMILES string of the molecule is CC(C)NC(=O)CC[C@@H]1CN(Cc2ccncc2)CC[C@@H]1N1CCN(c2ccccc2F)CC1. The highest BCUT2D eigenvalue weighted by molar-refractivity contribution is 5.76. The molecule has 0 spiro atoms. The topological polar surface area (TPSA) is 51.7 Å². The summed E-state index contributed by atoms with van der Waals surface area (Å²) in [6.45, 7) is 10.5. The van der Waals surface area contributed by atoms with Crippen molar-refractivity contribution in [2.45, 2.75) is 51.7 Å². The Balaban J connectivity index is 1.39. The number of carbonyl (C=O) groups is 1. The normalized spacial score (nSPS) is 22.2. The van der Waals surface area contributed by atoms with Crippen molar-refractivity contribution >= 4 is 11.6 Å². The quantitative estimate of drug-likeness (QED) is 0.644. The van der Waals surface area contributed by atoms with Gasteiger partial charge in [-0.25, -0.2) is 4.39 Å². The fourth-order valence-corrected chi connectivity index (χ4v) is 5.46. The van der Waals surface area contributed by atoms with Crippen molar-refractivity contribution in [2.75, 3.05) is 44.2 Å². The van der Waals surface area contributed by atoms with Crippen molar-refractivity contribution in [2.24, 2.45) is 5.92 Å². The van der Waals surface area contributed by atoms with E-state index < -0.39 is 0 Å². The number of amides is 1. The minimum Gasteiger partial charge on any atom is -0.367 e. The number of piperazine rings is 1. The van der Waals surface area contributed by atoms with Crippen LogP contribution in [0.3, 0.4) is 0 Å². The van der Waals surface area contributed by atoms with E-state index in [4.69, 9.17) is 0 Å².